The summed E-state index contributed by atoms with van der Waals surface area (Å²) in [5.41, 5.74) is 5.98. The van der Waals surface area contributed by atoms with E-state index in [0.29, 0.717) is 0 Å². The molecule has 0 aromatic carbocycles. The van der Waals surface area contributed by atoms with Crippen molar-refractivity contribution in [3.05, 3.63) is 0 Å². The molecule has 0 bridgehead atoms. The molecule has 2 N–H and O–H groups in total. The zero-order valence-electron chi connectivity index (χ0n) is 14.1. The average Bonchev–Trinajstić information content (AvgIpc) is 2.50. The third-order valence-corrected chi connectivity index (χ3v) is 5.10. The second-order valence-corrected chi connectivity index (χ2v) is 6.60. The fraction of sp³-hybridized carbons (Fsp3) is 1.00. The minimum Gasteiger partial charge on any atom is -0.330 e. The summed E-state index contributed by atoms with van der Waals surface area (Å²) >= 11 is 0. The Kier molecular flexibility index (Phi) is 10.4. The Morgan fingerprint density at radius 1 is 0.900 bits per heavy atom. The van der Waals surface area contributed by atoms with Gasteiger partial charge in [-0.15, -0.1) is 0 Å². The molecule has 2 unspecified atom stereocenters. The van der Waals surface area contributed by atoms with Crippen LogP contribution in [0.2, 0.25) is 0 Å². The lowest BCUT2D eigenvalue weighted by molar-refractivity contribution is 0.110. The molecule has 0 radical (unpaired) electrons. The largest absolute Gasteiger partial charge is 0.330 e. The molecular weight excluding hydrogens is 244 g/mol. The normalized spacial score (nSPS) is 23.4. The van der Waals surface area contributed by atoms with Crippen LogP contribution in [0.25, 0.3) is 0 Å². The monoisotopic (exact) mass is 282 g/mol. The summed E-state index contributed by atoms with van der Waals surface area (Å²) in [5.74, 6) is 0.758. The van der Waals surface area contributed by atoms with Crippen molar-refractivity contribution >= 4 is 0 Å². The van der Waals surface area contributed by atoms with Crippen molar-refractivity contribution in [1.29, 1.82) is 0 Å². The van der Waals surface area contributed by atoms with Crippen LogP contribution in [-0.4, -0.2) is 30.6 Å². The van der Waals surface area contributed by atoms with Crippen molar-refractivity contribution in [2.75, 3.05) is 19.6 Å². The summed E-state index contributed by atoms with van der Waals surface area (Å²) in [6.07, 6.45) is 15.4. The zero-order chi connectivity index (χ0) is 14.6. The first kappa shape index (κ1) is 18.0. The van der Waals surface area contributed by atoms with E-state index in [2.05, 4.69) is 18.7 Å². The van der Waals surface area contributed by atoms with Crippen LogP contribution in [-0.2, 0) is 0 Å². The van der Waals surface area contributed by atoms with E-state index in [4.69, 9.17) is 5.73 Å². The van der Waals surface area contributed by atoms with E-state index >= 15 is 0 Å². The van der Waals surface area contributed by atoms with Gasteiger partial charge in [0, 0.05) is 6.04 Å². The summed E-state index contributed by atoms with van der Waals surface area (Å²) in [6, 6.07) is 0.777. The number of nitrogens with two attached hydrogens (primary N) is 1. The minimum atomic E-state index is 0.758. The average molecular weight is 283 g/mol. The van der Waals surface area contributed by atoms with Gasteiger partial charge < -0.3 is 10.6 Å². The maximum absolute atomic E-state index is 5.98. The summed E-state index contributed by atoms with van der Waals surface area (Å²) in [5, 5.41) is 0. The SMILES string of the molecule is CCCCCCCCCN(CC)C1CCCCC1CN. The summed E-state index contributed by atoms with van der Waals surface area (Å²) in [7, 11) is 0. The van der Waals surface area contributed by atoms with E-state index in [1.165, 1.54) is 83.7 Å². The van der Waals surface area contributed by atoms with E-state index in [1.54, 1.807) is 0 Å². The molecule has 0 aromatic heterocycles. The van der Waals surface area contributed by atoms with E-state index in [9.17, 15) is 0 Å². The molecule has 0 spiro atoms. The molecule has 1 fully saturated rings. The standard InChI is InChI=1S/C18H38N2/c1-3-5-6-7-8-9-12-15-20(4-2)18-14-11-10-13-17(18)16-19/h17-18H,3-16,19H2,1-2H3. The van der Waals surface area contributed by atoms with Crippen molar-refractivity contribution in [2.24, 2.45) is 11.7 Å². The smallest absolute Gasteiger partial charge is 0.0135 e. The number of nitrogens with zero attached hydrogens (tertiary/aromatic N) is 1. The highest BCUT2D eigenvalue weighted by Gasteiger charge is 2.27. The van der Waals surface area contributed by atoms with Crippen LogP contribution in [0.4, 0.5) is 0 Å². The Labute approximate surface area is 127 Å². The van der Waals surface area contributed by atoms with Crippen molar-refractivity contribution in [1.82, 2.24) is 4.90 Å². The quantitative estimate of drug-likeness (QED) is 0.562. The molecule has 120 valence electrons. The van der Waals surface area contributed by atoms with E-state index in [1.807, 2.05) is 0 Å². The molecule has 1 rings (SSSR count). The topological polar surface area (TPSA) is 29.3 Å². The first-order chi connectivity index (χ1) is 9.83. The molecule has 2 heteroatoms. The molecule has 0 amide bonds. The predicted octanol–water partition coefficient (Wildman–Crippen LogP) is 4.58. The Balaban J connectivity index is 2.17. The molecule has 0 heterocycles. The number of hydrogen-bond donors (Lipinski definition) is 1. The first-order valence-corrected chi connectivity index (χ1v) is 9.27. The molecule has 2 atom stereocenters. The fourth-order valence-corrected chi connectivity index (χ4v) is 3.77. The number of hydrogen-bond acceptors (Lipinski definition) is 2. The van der Waals surface area contributed by atoms with Gasteiger partial charge in [-0.25, -0.2) is 0 Å². The molecule has 1 aliphatic rings. The van der Waals surface area contributed by atoms with Crippen LogP contribution in [0, 0.1) is 5.92 Å². The number of rotatable bonds is 11. The van der Waals surface area contributed by atoms with Gasteiger partial charge in [0.15, 0.2) is 0 Å². The van der Waals surface area contributed by atoms with Gasteiger partial charge in [-0.3, -0.25) is 0 Å². The Morgan fingerprint density at radius 2 is 1.55 bits per heavy atom. The molecule has 2 nitrogen and oxygen atoms in total. The lowest BCUT2D eigenvalue weighted by Gasteiger charge is -2.39. The Morgan fingerprint density at radius 3 is 2.20 bits per heavy atom. The van der Waals surface area contributed by atoms with Gasteiger partial charge in [0.25, 0.3) is 0 Å². The van der Waals surface area contributed by atoms with Crippen LogP contribution < -0.4 is 5.73 Å². The van der Waals surface area contributed by atoms with Gasteiger partial charge in [0.05, 0.1) is 0 Å². The molecule has 1 saturated carbocycles. The highest BCUT2D eigenvalue weighted by atomic mass is 15.2. The summed E-state index contributed by atoms with van der Waals surface area (Å²) < 4.78 is 0. The van der Waals surface area contributed by atoms with Crippen LogP contribution >= 0.6 is 0 Å². The van der Waals surface area contributed by atoms with E-state index < -0.39 is 0 Å². The molecular formula is C18H38N2. The molecule has 0 saturated heterocycles. The fourth-order valence-electron chi connectivity index (χ4n) is 3.77. The first-order valence-electron chi connectivity index (χ1n) is 9.27. The highest BCUT2D eigenvalue weighted by molar-refractivity contribution is 4.83. The summed E-state index contributed by atoms with van der Waals surface area (Å²) in [6.45, 7) is 8.00. The second kappa shape index (κ2) is 11.6. The molecule has 0 aliphatic heterocycles. The van der Waals surface area contributed by atoms with Gasteiger partial charge in [-0.2, -0.15) is 0 Å². The number of unbranched alkanes of at least 4 members (excludes halogenated alkanes) is 6. The van der Waals surface area contributed by atoms with E-state index in [-0.39, 0.29) is 0 Å². The van der Waals surface area contributed by atoms with Crippen LogP contribution in [0.1, 0.15) is 84.5 Å². The van der Waals surface area contributed by atoms with Crippen molar-refractivity contribution < 1.29 is 0 Å². The van der Waals surface area contributed by atoms with Gasteiger partial charge >= 0.3 is 0 Å². The van der Waals surface area contributed by atoms with Crippen LogP contribution in [0.15, 0.2) is 0 Å². The molecule has 0 aromatic rings. The molecule has 1 aliphatic carbocycles. The lowest BCUT2D eigenvalue weighted by atomic mass is 9.83. The van der Waals surface area contributed by atoms with Crippen LogP contribution in [0.5, 0.6) is 0 Å². The Hall–Kier alpha value is -0.0800. The highest BCUT2D eigenvalue weighted by Crippen LogP contribution is 2.28. The van der Waals surface area contributed by atoms with Crippen molar-refractivity contribution in [2.45, 2.75) is 90.5 Å². The zero-order valence-corrected chi connectivity index (χ0v) is 14.1. The second-order valence-electron chi connectivity index (χ2n) is 6.60. The molecule has 20 heavy (non-hydrogen) atoms. The van der Waals surface area contributed by atoms with E-state index in [0.717, 1.165) is 18.5 Å². The van der Waals surface area contributed by atoms with Crippen LogP contribution in [0.3, 0.4) is 0 Å². The maximum atomic E-state index is 5.98. The minimum absolute atomic E-state index is 0.758. The van der Waals surface area contributed by atoms with Gasteiger partial charge in [0.2, 0.25) is 0 Å². The third kappa shape index (κ3) is 6.58. The van der Waals surface area contributed by atoms with Crippen molar-refractivity contribution in [3.8, 4) is 0 Å². The van der Waals surface area contributed by atoms with Gasteiger partial charge in [-0.05, 0) is 44.8 Å². The predicted molar refractivity (Wildman–Crippen MR) is 90.0 cm³/mol. The maximum Gasteiger partial charge on any atom is 0.0135 e. The third-order valence-electron chi connectivity index (χ3n) is 5.10. The van der Waals surface area contributed by atoms with Gasteiger partial charge in [0.1, 0.15) is 0 Å². The van der Waals surface area contributed by atoms with Crippen molar-refractivity contribution in [3.63, 3.8) is 0 Å². The van der Waals surface area contributed by atoms with Gasteiger partial charge in [-0.1, -0.05) is 65.2 Å². The Bertz CT molecular complexity index is 217. The lowest BCUT2D eigenvalue weighted by Crippen LogP contribution is -2.45. The summed E-state index contributed by atoms with van der Waals surface area (Å²) in [4.78, 5) is 2.72.